The van der Waals surface area contributed by atoms with Crippen molar-refractivity contribution in [2.75, 3.05) is 36.5 Å². The summed E-state index contributed by atoms with van der Waals surface area (Å²) in [6.07, 6.45) is 4.24. The predicted octanol–water partition coefficient (Wildman–Crippen LogP) is 3.96. The number of rotatable bonds is 7. The highest BCUT2D eigenvalue weighted by molar-refractivity contribution is 6.07. The molecule has 1 aliphatic rings. The average molecular weight is 444 g/mol. The summed E-state index contributed by atoms with van der Waals surface area (Å²) in [7, 11) is 0. The lowest BCUT2D eigenvalue weighted by Crippen LogP contribution is -2.36. The van der Waals surface area contributed by atoms with Crippen molar-refractivity contribution >= 4 is 29.5 Å². The summed E-state index contributed by atoms with van der Waals surface area (Å²) >= 11 is 0. The van der Waals surface area contributed by atoms with Gasteiger partial charge in [0.1, 0.15) is 12.4 Å². The van der Waals surface area contributed by atoms with Gasteiger partial charge >= 0.3 is 6.09 Å². The Hall–Kier alpha value is -4.04. The SMILES string of the molecule is O=C(Nc1ccc(C(=O)C=Cc2cccc(N3CCOCC3)n2)cc1)OCc1ccccn1. The number of ketones is 1. The van der Waals surface area contributed by atoms with Gasteiger partial charge in [-0.3, -0.25) is 15.1 Å². The molecule has 2 aromatic heterocycles. The molecule has 1 saturated heterocycles. The first-order valence-electron chi connectivity index (χ1n) is 10.6. The first kappa shape index (κ1) is 22.2. The van der Waals surface area contributed by atoms with Crippen molar-refractivity contribution in [2.45, 2.75) is 6.61 Å². The zero-order valence-corrected chi connectivity index (χ0v) is 18.0. The van der Waals surface area contributed by atoms with Crippen molar-refractivity contribution in [3.05, 3.63) is 89.9 Å². The van der Waals surface area contributed by atoms with Crippen LogP contribution in [0.2, 0.25) is 0 Å². The Morgan fingerprint density at radius 3 is 2.61 bits per heavy atom. The third kappa shape index (κ3) is 6.47. The molecule has 3 heterocycles. The van der Waals surface area contributed by atoms with E-state index in [0.29, 0.717) is 35.9 Å². The van der Waals surface area contributed by atoms with Gasteiger partial charge in [-0.15, -0.1) is 0 Å². The van der Waals surface area contributed by atoms with Crippen LogP contribution in [0, 0.1) is 0 Å². The first-order chi connectivity index (χ1) is 16.2. The molecule has 1 N–H and O–H groups in total. The van der Waals surface area contributed by atoms with Crippen LogP contribution < -0.4 is 10.2 Å². The van der Waals surface area contributed by atoms with Crippen molar-refractivity contribution in [3.63, 3.8) is 0 Å². The average Bonchev–Trinajstić information content (AvgIpc) is 2.88. The van der Waals surface area contributed by atoms with Crippen molar-refractivity contribution in [3.8, 4) is 0 Å². The molecule has 1 amide bonds. The number of hydrogen-bond acceptors (Lipinski definition) is 7. The lowest BCUT2D eigenvalue weighted by molar-refractivity contribution is 0.104. The smallest absolute Gasteiger partial charge is 0.412 e. The van der Waals surface area contributed by atoms with Gasteiger partial charge in [-0.05, 0) is 60.7 Å². The number of anilines is 2. The lowest BCUT2D eigenvalue weighted by Gasteiger charge is -2.27. The number of carbonyl (C=O) groups excluding carboxylic acids is 2. The molecule has 8 nitrogen and oxygen atoms in total. The summed E-state index contributed by atoms with van der Waals surface area (Å²) in [6.45, 7) is 3.06. The van der Waals surface area contributed by atoms with Crippen molar-refractivity contribution in [1.29, 1.82) is 0 Å². The molecule has 1 aliphatic heterocycles. The topological polar surface area (TPSA) is 93.7 Å². The van der Waals surface area contributed by atoms with Crippen molar-refractivity contribution in [2.24, 2.45) is 0 Å². The van der Waals surface area contributed by atoms with E-state index in [1.807, 2.05) is 24.3 Å². The Morgan fingerprint density at radius 2 is 1.85 bits per heavy atom. The Balaban J connectivity index is 1.31. The molecule has 4 rings (SSSR count). The zero-order chi connectivity index (χ0) is 22.9. The fourth-order valence-corrected chi connectivity index (χ4v) is 3.25. The molecule has 3 aromatic rings. The number of pyridine rings is 2. The third-order valence-corrected chi connectivity index (χ3v) is 4.99. The van der Waals surface area contributed by atoms with Gasteiger partial charge < -0.3 is 14.4 Å². The number of nitrogens with zero attached hydrogens (tertiary/aromatic N) is 3. The Bertz CT molecular complexity index is 1110. The zero-order valence-electron chi connectivity index (χ0n) is 18.0. The second-order valence-corrected chi connectivity index (χ2v) is 7.32. The standard InChI is InChI=1S/C25H24N4O4/c30-23(12-11-20-5-3-6-24(27-20)29-14-16-32-17-15-29)19-7-9-21(10-8-19)28-25(31)33-18-22-4-1-2-13-26-22/h1-13H,14-18H2,(H,28,31). The summed E-state index contributed by atoms with van der Waals surface area (Å²) in [5.41, 5.74) is 2.40. The minimum Gasteiger partial charge on any atom is -0.443 e. The van der Waals surface area contributed by atoms with E-state index in [2.05, 4.69) is 20.2 Å². The maximum atomic E-state index is 12.5. The van der Waals surface area contributed by atoms with Gasteiger partial charge in [-0.2, -0.15) is 0 Å². The van der Waals surface area contributed by atoms with E-state index < -0.39 is 6.09 Å². The minimum absolute atomic E-state index is 0.0782. The molecule has 0 unspecified atom stereocenters. The van der Waals surface area contributed by atoms with E-state index in [-0.39, 0.29) is 12.4 Å². The fraction of sp³-hybridized carbons (Fsp3) is 0.200. The van der Waals surface area contributed by atoms with Crippen LogP contribution in [0.1, 0.15) is 21.7 Å². The van der Waals surface area contributed by atoms with Crippen molar-refractivity contribution in [1.82, 2.24) is 9.97 Å². The van der Waals surface area contributed by atoms with E-state index in [0.717, 1.165) is 18.9 Å². The highest BCUT2D eigenvalue weighted by Gasteiger charge is 2.12. The Kier molecular flexibility index (Phi) is 7.40. The number of hydrogen-bond donors (Lipinski definition) is 1. The van der Waals surface area contributed by atoms with Crippen molar-refractivity contribution < 1.29 is 19.1 Å². The van der Waals surface area contributed by atoms with E-state index >= 15 is 0 Å². The predicted molar refractivity (Wildman–Crippen MR) is 125 cm³/mol. The molecule has 0 spiro atoms. The normalized spacial score (nSPS) is 13.6. The summed E-state index contributed by atoms with van der Waals surface area (Å²) in [5.74, 6) is 0.719. The summed E-state index contributed by atoms with van der Waals surface area (Å²) in [4.78, 5) is 35.4. The second-order valence-electron chi connectivity index (χ2n) is 7.32. The van der Waals surface area contributed by atoms with E-state index in [1.165, 1.54) is 6.08 Å². The van der Waals surface area contributed by atoms with Crippen LogP contribution in [-0.4, -0.2) is 48.1 Å². The van der Waals surface area contributed by atoms with Gasteiger partial charge in [0.05, 0.1) is 24.6 Å². The largest absolute Gasteiger partial charge is 0.443 e. The van der Waals surface area contributed by atoms with Crippen LogP contribution in [0.5, 0.6) is 0 Å². The minimum atomic E-state index is -0.592. The van der Waals surface area contributed by atoms with E-state index in [4.69, 9.17) is 9.47 Å². The highest BCUT2D eigenvalue weighted by atomic mass is 16.5. The number of benzene rings is 1. The quantitative estimate of drug-likeness (QED) is 0.435. The molecule has 0 bridgehead atoms. The number of nitrogens with one attached hydrogen (secondary N) is 1. The van der Waals surface area contributed by atoms with Gasteiger partial charge in [-0.25, -0.2) is 9.78 Å². The summed E-state index contributed by atoms with van der Waals surface area (Å²) in [5, 5.41) is 2.63. The highest BCUT2D eigenvalue weighted by Crippen LogP contribution is 2.15. The molecule has 168 valence electrons. The Labute approximate surface area is 191 Å². The van der Waals surface area contributed by atoms with Crippen LogP contribution in [0.3, 0.4) is 0 Å². The van der Waals surface area contributed by atoms with Gasteiger partial charge in [0.15, 0.2) is 5.78 Å². The number of aromatic nitrogens is 2. The maximum Gasteiger partial charge on any atom is 0.412 e. The van der Waals surface area contributed by atoms with Gasteiger partial charge in [0, 0.05) is 30.5 Å². The third-order valence-electron chi connectivity index (χ3n) is 4.99. The fourth-order valence-electron chi connectivity index (χ4n) is 3.25. The van der Waals surface area contributed by atoms with E-state index in [1.54, 1.807) is 48.7 Å². The first-order valence-corrected chi connectivity index (χ1v) is 10.6. The maximum absolute atomic E-state index is 12.5. The molecule has 0 radical (unpaired) electrons. The van der Waals surface area contributed by atoms with Gasteiger partial charge in [-0.1, -0.05) is 12.1 Å². The molecular formula is C25H24N4O4. The lowest BCUT2D eigenvalue weighted by atomic mass is 10.1. The summed E-state index contributed by atoms with van der Waals surface area (Å²) in [6, 6.07) is 17.7. The Morgan fingerprint density at radius 1 is 1.03 bits per heavy atom. The molecule has 8 heteroatoms. The molecular weight excluding hydrogens is 420 g/mol. The number of allylic oxidation sites excluding steroid dienone is 1. The van der Waals surface area contributed by atoms with E-state index in [9.17, 15) is 9.59 Å². The number of carbonyl (C=O) groups is 2. The number of amides is 1. The second kappa shape index (κ2) is 11.0. The van der Waals surface area contributed by atoms with Crippen LogP contribution >= 0.6 is 0 Å². The molecule has 0 aliphatic carbocycles. The molecule has 0 atom stereocenters. The number of ether oxygens (including phenoxy) is 2. The van der Waals surface area contributed by atoms with Crippen LogP contribution in [-0.2, 0) is 16.1 Å². The number of morpholine rings is 1. The van der Waals surface area contributed by atoms with Gasteiger partial charge in [0.25, 0.3) is 0 Å². The van der Waals surface area contributed by atoms with Gasteiger partial charge in [0.2, 0.25) is 0 Å². The molecule has 1 fully saturated rings. The molecule has 0 saturated carbocycles. The van der Waals surface area contributed by atoms with Crippen LogP contribution in [0.4, 0.5) is 16.3 Å². The molecule has 33 heavy (non-hydrogen) atoms. The van der Waals surface area contributed by atoms with Crippen LogP contribution in [0.25, 0.3) is 6.08 Å². The molecule has 1 aromatic carbocycles. The monoisotopic (exact) mass is 444 g/mol. The summed E-state index contributed by atoms with van der Waals surface area (Å²) < 4.78 is 10.5. The van der Waals surface area contributed by atoms with Crippen LogP contribution in [0.15, 0.2) is 72.9 Å².